The average Bonchev–Trinajstić information content (AvgIpc) is 2.33. The number of carbonyl (C=O) groups excluding carboxylic acids is 1. The van der Waals surface area contributed by atoms with Gasteiger partial charge in [0, 0.05) is 16.8 Å². The van der Waals surface area contributed by atoms with Gasteiger partial charge in [-0.2, -0.15) is 0 Å². The summed E-state index contributed by atoms with van der Waals surface area (Å²) in [5, 5.41) is 6.67. The van der Waals surface area contributed by atoms with Crippen LogP contribution < -0.4 is 10.6 Å². The highest BCUT2D eigenvalue weighted by molar-refractivity contribution is 6.30. The molecular formula is C13H19ClN2O. The fourth-order valence-corrected chi connectivity index (χ4v) is 1.74. The van der Waals surface area contributed by atoms with E-state index in [-0.39, 0.29) is 18.5 Å². The van der Waals surface area contributed by atoms with Crippen LogP contribution in [0, 0.1) is 0 Å². The number of hydrogen-bond donors (Lipinski definition) is 2. The summed E-state index contributed by atoms with van der Waals surface area (Å²) >= 11 is 5.85. The summed E-state index contributed by atoms with van der Waals surface area (Å²) in [7, 11) is 0. The number of anilines is 1. The lowest BCUT2D eigenvalue weighted by molar-refractivity contribution is -0.120. The summed E-state index contributed by atoms with van der Waals surface area (Å²) in [4.78, 5) is 11.6. The maximum absolute atomic E-state index is 11.6. The Morgan fingerprint density at radius 1 is 1.35 bits per heavy atom. The van der Waals surface area contributed by atoms with Gasteiger partial charge in [0.25, 0.3) is 0 Å². The van der Waals surface area contributed by atoms with Crippen LogP contribution in [0.5, 0.6) is 0 Å². The smallest absolute Gasteiger partial charge is 0.239 e. The number of halogens is 1. The monoisotopic (exact) mass is 254 g/mol. The third kappa shape index (κ3) is 5.09. The van der Waals surface area contributed by atoms with E-state index in [0.29, 0.717) is 5.02 Å². The van der Waals surface area contributed by atoms with Gasteiger partial charge in [0.1, 0.15) is 0 Å². The summed E-state index contributed by atoms with van der Waals surface area (Å²) in [5.41, 5.74) is 0.859. The predicted molar refractivity (Wildman–Crippen MR) is 72.5 cm³/mol. The summed E-state index contributed by atoms with van der Waals surface area (Å²) in [5.74, 6) is 0.0127. The average molecular weight is 255 g/mol. The molecule has 0 aliphatic rings. The van der Waals surface area contributed by atoms with E-state index in [1.165, 1.54) is 0 Å². The van der Waals surface area contributed by atoms with E-state index in [1.807, 2.05) is 12.1 Å². The topological polar surface area (TPSA) is 41.1 Å². The fourth-order valence-electron chi connectivity index (χ4n) is 1.55. The third-order valence-corrected chi connectivity index (χ3v) is 2.86. The molecule has 0 bridgehead atoms. The molecule has 1 amide bonds. The van der Waals surface area contributed by atoms with Crippen molar-refractivity contribution in [1.29, 1.82) is 0 Å². The van der Waals surface area contributed by atoms with Crippen LogP contribution in [0.1, 0.15) is 26.7 Å². The maximum atomic E-state index is 11.6. The van der Waals surface area contributed by atoms with Crippen molar-refractivity contribution >= 4 is 23.2 Å². The predicted octanol–water partition coefficient (Wildman–Crippen LogP) is 3.06. The van der Waals surface area contributed by atoms with E-state index in [4.69, 9.17) is 11.6 Å². The molecule has 2 N–H and O–H groups in total. The Balaban J connectivity index is 2.38. The molecule has 17 heavy (non-hydrogen) atoms. The summed E-state index contributed by atoms with van der Waals surface area (Å²) in [6.45, 7) is 4.41. The second-order valence-corrected chi connectivity index (χ2v) is 4.38. The molecule has 0 aliphatic carbocycles. The van der Waals surface area contributed by atoms with Crippen molar-refractivity contribution in [2.24, 2.45) is 0 Å². The molecule has 0 aromatic heterocycles. The van der Waals surface area contributed by atoms with Gasteiger partial charge in [0.15, 0.2) is 0 Å². The van der Waals surface area contributed by atoms with Gasteiger partial charge in [0.2, 0.25) is 5.91 Å². The molecule has 4 heteroatoms. The Kier molecular flexibility index (Phi) is 5.84. The molecule has 1 aromatic carbocycles. The quantitative estimate of drug-likeness (QED) is 0.819. The number of rotatable bonds is 6. The van der Waals surface area contributed by atoms with Crippen molar-refractivity contribution in [3.05, 3.63) is 29.3 Å². The van der Waals surface area contributed by atoms with E-state index < -0.39 is 0 Å². The molecule has 0 aliphatic heterocycles. The van der Waals surface area contributed by atoms with Crippen molar-refractivity contribution in [3.8, 4) is 0 Å². The molecule has 0 unspecified atom stereocenters. The molecule has 0 saturated carbocycles. The first kappa shape index (κ1) is 13.8. The standard InChI is InChI=1S/C13H19ClN2O/c1-3-11(4-2)16-13(17)9-15-12-7-5-6-10(14)8-12/h5-8,11,15H,3-4,9H2,1-2H3,(H,16,17). The molecule has 0 saturated heterocycles. The Morgan fingerprint density at radius 3 is 2.65 bits per heavy atom. The Hall–Kier alpha value is -1.22. The van der Waals surface area contributed by atoms with Gasteiger partial charge in [-0.3, -0.25) is 4.79 Å². The van der Waals surface area contributed by atoms with Crippen LogP contribution in [-0.4, -0.2) is 18.5 Å². The van der Waals surface area contributed by atoms with E-state index in [1.54, 1.807) is 12.1 Å². The van der Waals surface area contributed by atoms with Gasteiger partial charge in [-0.25, -0.2) is 0 Å². The van der Waals surface area contributed by atoms with Gasteiger partial charge in [0.05, 0.1) is 6.54 Å². The Bertz CT molecular complexity index is 364. The number of carbonyl (C=O) groups is 1. The lowest BCUT2D eigenvalue weighted by atomic mass is 10.2. The van der Waals surface area contributed by atoms with Crippen LogP contribution in [0.25, 0.3) is 0 Å². The zero-order valence-corrected chi connectivity index (χ0v) is 11.1. The minimum atomic E-state index is 0.0127. The second kappa shape index (κ2) is 7.17. The van der Waals surface area contributed by atoms with Crippen LogP contribution >= 0.6 is 11.6 Å². The molecule has 0 atom stereocenters. The van der Waals surface area contributed by atoms with E-state index in [0.717, 1.165) is 18.5 Å². The molecule has 0 spiro atoms. The van der Waals surface area contributed by atoms with E-state index >= 15 is 0 Å². The summed E-state index contributed by atoms with van der Waals surface area (Å²) < 4.78 is 0. The molecule has 3 nitrogen and oxygen atoms in total. The molecular weight excluding hydrogens is 236 g/mol. The number of benzene rings is 1. The highest BCUT2D eigenvalue weighted by Crippen LogP contribution is 2.14. The molecule has 0 heterocycles. The van der Waals surface area contributed by atoms with Gasteiger partial charge < -0.3 is 10.6 Å². The Morgan fingerprint density at radius 2 is 2.06 bits per heavy atom. The van der Waals surface area contributed by atoms with E-state index in [9.17, 15) is 4.79 Å². The first-order valence-electron chi connectivity index (χ1n) is 5.94. The van der Waals surface area contributed by atoms with Crippen molar-refractivity contribution < 1.29 is 4.79 Å². The lowest BCUT2D eigenvalue weighted by Gasteiger charge is -2.15. The molecule has 1 aromatic rings. The van der Waals surface area contributed by atoms with Crippen LogP contribution in [-0.2, 0) is 4.79 Å². The van der Waals surface area contributed by atoms with E-state index in [2.05, 4.69) is 24.5 Å². The first-order chi connectivity index (χ1) is 8.15. The minimum Gasteiger partial charge on any atom is -0.376 e. The summed E-state index contributed by atoms with van der Waals surface area (Å²) in [6.07, 6.45) is 1.92. The lowest BCUT2D eigenvalue weighted by Crippen LogP contribution is -2.37. The highest BCUT2D eigenvalue weighted by atomic mass is 35.5. The molecule has 0 fully saturated rings. The first-order valence-corrected chi connectivity index (χ1v) is 6.32. The van der Waals surface area contributed by atoms with Crippen molar-refractivity contribution in [3.63, 3.8) is 0 Å². The zero-order valence-electron chi connectivity index (χ0n) is 10.3. The fraction of sp³-hybridized carbons (Fsp3) is 0.462. The number of amides is 1. The number of nitrogens with one attached hydrogen (secondary N) is 2. The maximum Gasteiger partial charge on any atom is 0.239 e. The Labute approximate surface area is 108 Å². The van der Waals surface area contributed by atoms with Crippen LogP contribution in [0.3, 0.4) is 0 Å². The van der Waals surface area contributed by atoms with Crippen LogP contribution in [0.4, 0.5) is 5.69 Å². The van der Waals surface area contributed by atoms with Crippen LogP contribution in [0.2, 0.25) is 5.02 Å². The minimum absolute atomic E-state index is 0.0127. The molecule has 94 valence electrons. The van der Waals surface area contributed by atoms with Gasteiger partial charge in [-0.05, 0) is 31.0 Å². The normalized spacial score (nSPS) is 10.4. The third-order valence-electron chi connectivity index (χ3n) is 2.63. The SMILES string of the molecule is CCC(CC)NC(=O)CNc1cccc(Cl)c1. The molecule has 0 radical (unpaired) electrons. The largest absolute Gasteiger partial charge is 0.376 e. The zero-order chi connectivity index (χ0) is 12.7. The second-order valence-electron chi connectivity index (χ2n) is 3.94. The van der Waals surface area contributed by atoms with Gasteiger partial charge in [-0.1, -0.05) is 31.5 Å². The molecule has 1 rings (SSSR count). The number of hydrogen-bond acceptors (Lipinski definition) is 2. The van der Waals surface area contributed by atoms with Crippen molar-refractivity contribution in [2.75, 3.05) is 11.9 Å². The van der Waals surface area contributed by atoms with Crippen LogP contribution in [0.15, 0.2) is 24.3 Å². The van der Waals surface area contributed by atoms with Crippen molar-refractivity contribution in [1.82, 2.24) is 5.32 Å². The van der Waals surface area contributed by atoms with Crippen molar-refractivity contribution in [2.45, 2.75) is 32.7 Å². The summed E-state index contributed by atoms with van der Waals surface area (Å²) in [6, 6.07) is 7.60. The van der Waals surface area contributed by atoms with Gasteiger partial charge >= 0.3 is 0 Å². The van der Waals surface area contributed by atoms with Gasteiger partial charge in [-0.15, -0.1) is 0 Å². The highest BCUT2D eigenvalue weighted by Gasteiger charge is 2.07.